The molecule has 0 saturated carbocycles. The topological polar surface area (TPSA) is 170 Å². The predicted octanol–water partition coefficient (Wildman–Crippen LogP) is 5.43. The van der Waals surface area contributed by atoms with Crippen LogP contribution in [0.3, 0.4) is 0 Å². The van der Waals surface area contributed by atoms with Crippen molar-refractivity contribution in [3.8, 4) is 23.0 Å². The van der Waals surface area contributed by atoms with E-state index in [2.05, 4.69) is 20.6 Å². The van der Waals surface area contributed by atoms with Gasteiger partial charge in [0.15, 0.2) is 35.2 Å². The molecule has 6 rings (SSSR count). The minimum Gasteiger partial charge on any atom is -0.504 e. The van der Waals surface area contributed by atoms with E-state index in [4.69, 9.17) is 30.2 Å². The van der Waals surface area contributed by atoms with Crippen LogP contribution in [0, 0.1) is 12.7 Å². The SMILES string of the molecule is Cc1ccc2oc(=O)n(Cc3ccc(OCC(=O)NCCOCCOc4cc5ncnc(Nc6ccc(F)c(Cl)c6)c5cc4O)c(O)c3)c2c1. The smallest absolute Gasteiger partial charge is 0.420 e. The number of phenolic OH excluding ortho intramolecular Hbond substituents is 2. The normalized spacial score (nSPS) is 11.2. The van der Waals surface area contributed by atoms with Crippen molar-refractivity contribution in [1.82, 2.24) is 19.9 Å². The van der Waals surface area contributed by atoms with Gasteiger partial charge in [0.25, 0.3) is 5.91 Å². The first-order chi connectivity index (χ1) is 24.1. The van der Waals surface area contributed by atoms with Crippen LogP contribution in [0.1, 0.15) is 11.1 Å². The molecular weight excluding hydrogens is 673 g/mol. The highest BCUT2D eigenvalue weighted by Crippen LogP contribution is 2.34. The van der Waals surface area contributed by atoms with Gasteiger partial charge in [0.1, 0.15) is 24.6 Å². The van der Waals surface area contributed by atoms with Crippen molar-refractivity contribution in [3.63, 3.8) is 0 Å². The summed E-state index contributed by atoms with van der Waals surface area (Å²) in [4.78, 5) is 33.0. The average molecular weight is 704 g/mol. The van der Waals surface area contributed by atoms with E-state index in [1.54, 1.807) is 18.2 Å². The monoisotopic (exact) mass is 703 g/mol. The number of nitrogens with one attached hydrogen (secondary N) is 2. The molecule has 0 spiro atoms. The van der Waals surface area contributed by atoms with E-state index in [-0.39, 0.29) is 67.5 Å². The third kappa shape index (κ3) is 8.05. The second-order valence-corrected chi connectivity index (χ2v) is 11.5. The molecule has 6 aromatic rings. The fraction of sp³-hybridized carbons (Fsp3) is 0.200. The number of anilines is 2. The molecule has 258 valence electrons. The summed E-state index contributed by atoms with van der Waals surface area (Å²) in [5.41, 5.74) is 3.76. The van der Waals surface area contributed by atoms with Gasteiger partial charge in [-0.25, -0.2) is 19.2 Å². The Hall–Kier alpha value is -5.86. The number of carbonyl (C=O) groups excluding carboxylic acids is 1. The first-order valence-corrected chi connectivity index (χ1v) is 15.7. The Balaban J connectivity index is 0.911. The molecule has 0 aliphatic rings. The van der Waals surface area contributed by atoms with Crippen LogP contribution in [0.4, 0.5) is 15.9 Å². The Labute approximate surface area is 288 Å². The quantitative estimate of drug-likeness (QED) is 0.107. The van der Waals surface area contributed by atoms with Crippen molar-refractivity contribution in [2.24, 2.45) is 0 Å². The Morgan fingerprint density at radius 1 is 0.960 bits per heavy atom. The van der Waals surface area contributed by atoms with Crippen molar-refractivity contribution in [1.29, 1.82) is 0 Å². The van der Waals surface area contributed by atoms with Gasteiger partial charge in [-0.2, -0.15) is 0 Å². The molecule has 15 heteroatoms. The van der Waals surface area contributed by atoms with Gasteiger partial charge in [0.05, 0.1) is 35.8 Å². The molecule has 2 heterocycles. The number of hydrogen-bond donors (Lipinski definition) is 4. The van der Waals surface area contributed by atoms with E-state index < -0.39 is 17.5 Å². The minimum atomic E-state index is -0.544. The van der Waals surface area contributed by atoms with Gasteiger partial charge in [0.2, 0.25) is 0 Å². The fourth-order valence-corrected chi connectivity index (χ4v) is 5.24. The van der Waals surface area contributed by atoms with E-state index in [0.29, 0.717) is 39.1 Å². The summed E-state index contributed by atoms with van der Waals surface area (Å²) in [7, 11) is 0. The molecule has 0 saturated heterocycles. The number of benzene rings is 4. The molecule has 0 fully saturated rings. The number of carbonyl (C=O) groups is 1. The van der Waals surface area contributed by atoms with Crippen LogP contribution in [-0.4, -0.2) is 63.6 Å². The highest BCUT2D eigenvalue weighted by molar-refractivity contribution is 6.31. The highest BCUT2D eigenvalue weighted by Gasteiger charge is 2.14. The lowest BCUT2D eigenvalue weighted by Gasteiger charge is -2.12. The number of halogens is 2. The number of amides is 1. The van der Waals surface area contributed by atoms with E-state index in [9.17, 15) is 24.2 Å². The number of oxazole rings is 1. The summed E-state index contributed by atoms with van der Waals surface area (Å²) in [6.45, 7) is 2.45. The average Bonchev–Trinajstić information content (AvgIpc) is 3.39. The number of fused-ring (bicyclic) bond motifs is 2. The van der Waals surface area contributed by atoms with Gasteiger partial charge in [-0.1, -0.05) is 23.7 Å². The fourth-order valence-electron chi connectivity index (χ4n) is 5.06. The lowest BCUT2D eigenvalue weighted by molar-refractivity contribution is -0.123. The third-order valence-electron chi connectivity index (χ3n) is 7.50. The Kier molecular flexibility index (Phi) is 10.3. The van der Waals surface area contributed by atoms with Crippen LogP contribution in [-0.2, 0) is 16.1 Å². The van der Waals surface area contributed by atoms with Crippen LogP contribution in [0.25, 0.3) is 22.0 Å². The largest absolute Gasteiger partial charge is 0.504 e. The zero-order valence-corrected chi connectivity index (χ0v) is 27.4. The summed E-state index contributed by atoms with van der Waals surface area (Å²) in [6.07, 6.45) is 1.34. The van der Waals surface area contributed by atoms with Gasteiger partial charge in [-0.05, 0) is 66.6 Å². The number of phenols is 2. The van der Waals surface area contributed by atoms with Gasteiger partial charge in [0, 0.05) is 23.7 Å². The van der Waals surface area contributed by atoms with E-state index >= 15 is 0 Å². The molecular formula is C35H31ClFN5O8. The zero-order chi connectivity index (χ0) is 35.2. The molecule has 0 radical (unpaired) electrons. The molecule has 4 N–H and O–H groups in total. The van der Waals surface area contributed by atoms with E-state index in [1.807, 2.05) is 19.1 Å². The highest BCUT2D eigenvalue weighted by atomic mass is 35.5. The number of hydrogen-bond acceptors (Lipinski definition) is 11. The maximum absolute atomic E-state index is 13.5. The van der Waals surface area contributed by atoms with Gasteiger partial charge >= 0.3 is 5.76 Å². The molecule has 0 atom stereocenters. The van der Waals surface area contributed by atoms with Gasteiger partial charge < -0.3 is 39.5 Å². The van der Waals surface area contributed by atoms with Crippen molar-refractivity contribution in [2.45, 2.75) is 13.5 Å². The standard InChI is InChI=1S/C35H31ClFN5O8/c1-20-2-6-30-27(12-20)42(35(46)50-30)17-21-3-7-31(28(43)13-21)49-18-33(45)38-8-9-47-10-11-48-32-16-26-23(15-29(32)44)34(40-19-39-26)41-22-4-5-25(37)24(36)14-22/h2-7,12-16,19,43-44H,8-11,17-18H2,1H3,(H,38,45)(H,39,40,41). The van der Waals surface area contributed by atoms with Crippen molar-refractivity contribution < 1.29 is 38.0 Å². The van der Waals surface area contributed by atoms with Crippen molar-refractivity contribution in [2.75, 3.05) is 38.3 Å². The molecule has 0 aliphatic carbocycles. The summed E-state index contributed by atoms with van der Waals surface area (Å²) >= 11 is 5.87. The lowest BCUT2D eigenvalue weighted by Crippen LogP contribution is -2.32. The molecule has 0 unspecified atom stereocenters. The molecule has 1 amide bonds. The maximum Gasteiger partial charge on any atom is 0.420 e. The molecule has 0 aliphatic heterocycles. The summed E-state index contributed by atoms with van der Waals surface area (Å²) in [6, 6.07) is 17.3. The first-order valence-electron chi connectivity index (χ1n) is 15.4. The van der Waals surface area contributed by atoms with E-state index in [1.165, 1.54) is 47.3 Å². The molecule has 2 aromatic heterocycles. The molecule has 4 aromatic carbocycles. The summed E-state index contributed by atoms with van der Waals surface area (Å²) in [5.74, 6) is -1.09. The van der Waals surface area contributed by atoms with Crippen molar-refractivity contribution in [3.05, 3.63) is 106 Å². The van der Waals surface area contributed by atoms with Crippen LogP contribution in [0.15, 0.2) is 82.3 Å². The molecule has 13 nitrogen and oxygen atoms in total. The second kappa shape index (κ2) is 15.1. The number of aromatic nitrogens is 3. The first kappa shape index (κ1) is 34.0. The zero-order valence-electron chi connectivity index (χ0n) is 26.6. The van der Waals surface area contributed by atoms with Gasteiger partial charge in [-0.3, -0.25) is 9.36 Å². The maximum atomic E-state index is 13.5. The van der Waals surface area contributed by atoms with Crippen LogP contribution in [0.2, 0.25) is 5.02 Å². The molecule has 0 bridgehead atoms. The minimum absolute atomic E-state index is 0.0438. The number of rotatable bonds is 14. The van der Waals surface area contributed by atoms with Crippen LogP contribution in [0.5, 0.6) is 23.0 Å². The van der Waals surface area contributed by atoms with Gasteiger partial charge in [-0.15, -0.1) is 0 Å². The predicted molar refractivity (Wildman–Crippen MR) is 183 cm³/mol. The van der Waals surface area contributed by atoms with Crippen molar-refractivity contribution >= 4 is 51.0 Å². The van der Waals surface area contributed by atoms with E-state index in [0.717, 1.165) is 5.56 Å². The molecule has 50 heavy (non-hydrogen) atoms. The Bertz CT molecular complexity index is 2240. The van der Waals surface area contributed by atoms with Crippen LogP contribution < -0.4 is 25.9 Å². The second-order valence-electron chi connectivity index (χ2n) is 11.1. The number of ether oxygens (including phenoxy) is 3. The third-order valence-corrected chi connectivity index (χ3v) is 7.79. The number of nitrogens with zero attached hydrogens (tertiary/aromatic N) is 3. The Morgan fingerprint density at radius 3 is 2.62 bits per heavy atom. The summed E-state index contributed by atoms with van der Waals surface area (Å²) < 4.78 is 36.9. The summed E-state index contributed by atoms with van der Waals surface area (Å²) in [5, 5.41) is 27.2. The number of aryl methyl sites for hydroxylation is 1. The Morgan fingerprint density at radius 2 is 1.80 bits per heavy atom. The number of aromatic hydroxyl groups is 2. The lowest BCUT2D eigenvalue weighted by atomic mass is 10.2. The van der Waals surface area contributed by atoms with Crippen LogP contribution >= 0.6 is 11.6 Å².